The molecule has 3 N–H and O–H groups in total. The van der Waals surface area contributed by atoms with Gasteiger partial charge in [0.2, 0.25) is 0 Å². The average Bonchev–Trinajstić information content (AvgIpc) is 2.40. The molecule has 1 aliphatic rings. The van der Waals surface area contributed by atoms with Crippen LogP contribution in [0.5, 0.6) is 0 Å². The highest BCUT2D eigenvalue weighted by atomic mass is 16.3. The van der Waals surface area contributed by atoms with Gasteiger partial charge in [0.25, 0.3) is 0 Å². The number of aliphatic hydroxyl groups is 3. The first-order valence-electron chi connectivity index (χ1n) is 9.19. The third-order valence-corrected chi connectivity index (χ3v) is 4.56. The van der Waals surface area contributed by atoms with Crippen LogP contribution in [0.25, 0.3) is 0 Å². The summed E-state index contributed by atoms with van der Waals surface area (Å²) in [6.07, 6.45) is 14.1. The minimum absolute atomic E-state index is 0.386. The third kappa shape index (κ3) is 10.7. The van der Waals surface area contributed by atoms with Crippen molar-refractivity contribution in [2.24, 2.45) is 5.92 Å². The van der Waals surface area contributed by atoms with E-state index in [2.05, 4.69) is 25.2 Å². The summed E-state index contributed by atoms with van der Waals surface area (Å²) in [6, 6.07) is 0. The summed E-state index contributed by atoms with van der Waals surface area (Å²) in [5.74, 6) is 0.716. The summed E-state index contributed by atoms with van der Waals surface area (Å²) in [4.78, 5) is 0. The van der Waals surface area contributed by atoms with E-state index >= 15 is 0 Å². The molecule has 0 spiro atoms. The number of aliphatic hydroxyl groups excluding tert-OH is 2. The van der Waals surface area contributed by atoms with Gasteiger partial charge in [-0.05, 0) is 58.3 Å². The van der Waals surface area contributed by atoms with Gasteiger partial charge in [0, 0.05) is 0 Å². The molecule has 0 aromatic carbocycles. The van der Waals surface area contributed by atoms with E-state index in [1.165, 1.54) is 19.3 Å². The van der Waals surface area contributed by atoms with Gasteiger partial charge >= 0.3 is 0 Å². The maximum Gasteiger partial charge on any atom is 0.0602 e. The molecule has 0 unspecified atom stereocenters. The monoisotopic (exact) mass is 324 g/mol. The molecule has 0 aromatic rings. The molecule has 23 heavy (non-hydrogen) atoms. The van der Waals surface area contributed by atoms with Crippen LogP contribution in [0.2, 0.25) is 0 Å². The van der Waals surface area contributed by atoms with E-state index in [0.29, 0.717) is 25.2 Å². The van der Waals surface area contributed by atoms with Crippen LogP contribution in [0.15, 0.2) is 23.8 Å². The fourth-order valence-corrected chi connectivity index (χ4v) is 3.22. The molecule has 1 rings (SSSR count). The highest BCUT2D eigenvalue weighted by Gasteiger charge is 2.20. The van der Waals surface area contributed by atoms with Crippen LogP contribution in [0.1, 0.15) is 78.6 Å². The van der Waals surface area contributed by atoms with Gasteiger partial charge in [-0.1, -0.05) is 50.0 Å². The third-order valence-electron chi connectivity index (χ3n) is 4.56. The zero-order chi connectivity index (χ0) is 17.3. The summed E-state index contributed by atoms with van der Waals surface area (Å²) in [7, 11) is 0. The molecule has 1 aliphatic carbocycles. The average molecular weight is 325 g/mol. The van der Waals surface area contributed by atoms with Crippen molar-refractivity contribution in [1.29, 1.82) is 0 Å². The Bertz CT molecular complexity index is 367. The summed E-state index contributed by atoms with van der Waals surface area (Å²) in [5, 5.41) is 29.0. The first-order valence-corrected chi connectivity index (χ1v) is 9.19. The van der Waals surface area contributed by atoms with E-state index < -0.39 is 5.60 Å². The van der Waals surface area contributed by atoms with Crippen LogP contribution < -0.4 is 0 Å². The standard InChI is InChI=1S/C20H36O3/c1-16(10-8-12-20(2,3)23)9-6-4-5-7-11-17-13-18(21)15-19(22)14-17/h5,7,11,16,18-19,21-23H,4,6,8-10,12-15H2,1-3H3/b7-5+/t16-,18-,19-/m1/s1. The van der Waals surface area contributed by atoms with Gasteiger partial charge in [-0.15, -0.1) is 0 Å². The SMILES string of the molecule is C[C@H](CCC/C=C/C=C1C[C@@H](O)C[C@H](O)C1)CCCC(C)(C)O. The maximum atomic E-state index is 9.70. The molecule has 1 saturated carbocycles. The topological polar surface area (TPSA) is 60.7 Å². The zero-order valence-electron chi connectivity index (χ0n) is 15.2. The fraction of sp³-hybridized carbons (Fsp3) is 0.800. The van der Waals surface area contributed by atoms with Crippen molar-refractivity contribution in [1.82, 2.24) is 0 Å². The molecule has 0 bridgehead atoms. The van der Waals surface area contributed by atoms with Crippen molar-refractivity contribution in [3.63, 3.8) is 0 Å². The molecule has 0 amide bonds. The molecule has 1 fully saturated rings. The van der Waals surface area contributed by atoms with Crippen molar-refractivity contribution < 1.29 is 15.3 Å². The zero-order valence-corrected chi connectivity index (χ0v) is 15.2. The van der Waals surface area contributed by atoms with E-state index in [-0.39, 0.29) is 12.2 Å². The number of hydrogen-bond donors (Lipinski definition) is 3. The van der Waals surface area contributed by atoms with Gasteiger partial charge in [-0.3, -0.25) is 0 Å². The molecule has 3 heteroatoms. The second kappa shape index (κ2) is 10.3. The Morgan fingerprint density at radius 3 is 2.35 bits per heavy atom. The van der Waals surface area contributed by atoms with Crippen LogP contribution in [0.4, 0.5) is 0 Å². The Balaban J connectivity index is 2.12. The Hall–Kier alpha value is -0.640. The molecule has 0 heterocycles. The van der Waals surface area contributed by atoms with Crippen LogP contribution in [-0.2, 0) is 0 Å². The van der Waals surface area contributed by atoms with Gasteiger partial charge in [-0.25, -0.2) is 0 Å². The van der Waals surface area contributed by atoms with Crippen LogP contribution in [0.3, 0.4) is 0 Å². The molecule has 3 nitrogen and oxygen atoms in total. The minimum atomic E-state index is -0.532. The van der Waals surface area contributed by atoms with Gasteiger partial charge < -0.3 is 15.3 Å². The van der Waals surface area contributed by atoms with E-state index in [1.54, 1.807) is 0 Å². The predicted octanol–water partition coefficient (Wildman–Crippen LogP) is 4.12. The van der Waals surface area contributed by atoms with Gasteiger partial charge in [0.05, 0.1) is 17.8 Å². The summed E-state index contributed by atoms with van der Waals surface area (Å²) < 4.78 is 0. The van der Waals surface area contributed by atoms with Crippen molar-refractivity contribution >= 4 is 0 Å². The smallest absolute Gasteiger partial charge is 0.0602 e. The van der Waals surface area contributed by atoms with Gasteiger partial charge in [0.1, 0.15) is 0 Å². The van der Waals surface area contributed by atoms with Crippen LogP contribution in [-0.4, -0.2) is 33.1 Å². The maximum absolute atomic E-state index is 9.70. The second-order valence-corrected chi connectivity index (χ2v) is 7.95. The predicted molar refractivity (Wildman–Crippen MR) is 96.3 cm³/mol. The first-order chi connectivity index (χ1) is 10.8. The molecule has 0 aromatic heterocycles. The number of allylic oxidation sites excluding steroid dienone is 3. The summed E-state index contributed by atoms with van der Waals surface area (Å²) in [5.41, 5.74) is 0.614. The van der Waals surface area contributed by atoms with Crippen LogP contribution >= 0.6 is 0 Å². The molecule has 0 saturated heterocycles. The highest BCUT2D eigenvalue weighted by molar-refractivity contribution is 5.16. The quantitative estimate of drug-likeness (QED) is 0.559. The number of hydrogen-bond acceptors (Lipinski definition) is 3. The molecular weight excluding hydrogens is 288 g/mol. The van der Waals surface area contributed by atoms with Crippen molar-refractivity contribution in [2.45, 2.75) is 96.4 Å². The summed E-state index contributed by atoms with van der Waals surface area (Å²) in [6.45, 7) is 6.05. The van der Waals surface area contributed by atoms with Gasteiger partial charge in [-0.2, -0.15) is 0 Å². The highest BCUT2D eigenvalue weighted by Crippen LogP contribution is 2.24. The first kappa shape index (κ1) is 20.4. The lowest BCUT2D eigenvalue weighted by atomic mass is 9.90. The Morgan fingerprint density at radius 1 is 1.13 bits per heavy atom. The van der Waals surface area contributed by atoms with Crippen molar-refractivity contribution in [2.75, 3.05) is 0 Å². The lowest BCUT2D eigenvalue weighted by molar-refractivity contribution is 0.0609. The lowest BCUT2D eigenvalue weighted by Gasteiger charge is -2.24. The van der Waals surface area contributed by atoms with E-state index in [9.17, 15) is 15.3 Å². The Labute approximate surface area is 142 Å². The normalized spacial score (nSPS) is 24.2. The van der Waals surface area contributed by atoms with Crippen molar-refractivity contribution in [3.05, 3.63) is 23.8 Å². The second-order valence-electron chi connectivity index (χ2n) is 7.95. The van der Waals surface area contributed by atoms with Gasteiger partial charge in [0.15, 0.2) is 0 Å². The van der Waals surface area contributed by atoms with Crippen LogP contribution in [0, 0.1) is 5.92 Å². The minimum Gasteiger partial charge on any atom is -0.393 e. The van der Waals surface area contributed by atoms with E-state index in [4.69, 9.17) is 0 Å². The fourth-order valence-electron chi connectivity index (χ4n) is 3.22. The molecular formula is C20H36O3. The van der Waals surface area contributed by atoms with E-state index in [1.807, 2.05) is 13.8 Å². The number of unbranched alkanes of at least 4 members (excludes halogenated alkanes) is 1. The largest absolute Gasteiger partial charge is 0.393 e. The molecule has 0 radical (unpaired) electrons. The Morgan fingerprint density at radius 2 is 1.74 bits per heavy atom. The molecule has 134 valence electrons. The van der Waals surface area contributed by atoms with E-state index in [0.717, 1.165) is 24.8 Å². The summed E-state index contributed by atoms with van der Waals surface area (Å²) >= 11 is 0. The molecule has 0 aliphatic heterocycles. The Kier molecular flexibility index (Phi) is 9.11. The van der Waals surface area contributed by atoms with Crippen molar-refractivity contribution in [3.8, 4) is 0 Å². The molecule has 3 atom stereocenters. The lowest BCUT2D eigenvalue weighted by Crippen LogP contribution is -2.24. The number of rotatable bonds is 9.